The van der Waals surface area contributed by atoms with E-state index in [0.29, 0.717) is 45.1 Å². The van der Waals surface area contributed by atoms with Crippen molar-refractivity contribution in [1.29, 1.82) is 0 Å². The maximum atomic E-state index is 13.5. The van der Waals surface area contributed by atoms with Crippen molar-refractivity contribution in [2.24, 2.45) is 0 Å². The Morgan fingerprint density at radius 2 is 1.84 bits per heavy atom. The second-order valence-electron chi connectivity index (χ2n) is 8.02. The Morgan fingerprint density at radius 3 is 2.62 bits per heavy atom. The Balaban J connectivity index is 1.94. The zero-order chi connectivity index (χ0) is 22.4. The van der Waals surface area contributed by atoms with Crippen LogP contribution in [0.1, 0.15) is 0 Å². The average molecular weight is 494 g/mol. The molecule has 0 aliphatic rings. The number of aliphatic hydroxyl groups excluding tert-OH is 1. The molecule has 2 heterocycles. The molecule has 0 saturated carbocycles. The normalized spacial score (nSPS) is 12.0. The number of fused-ring (bicyclic) bond motifs is 7. The van der Waals surface area contributed by atoms with Crippen molar-refractivity contribution in [2.45, 2.75) is 23.2 Å². The minimum atomic E-state index is -1.02. The van der Waals surface area contributed by atoms with Crippen molar-refractivity contribution in [1.82, 2.24) is 9.55 Å². The topological polar surface area (TPSA) is 97.5 Å². The molecule has 0 amide bonds. The molecule has 0 aliphatic carbocycles. The number of ether oxygens (including phenoxy) is 1. The molecule has 0 radical (unpaired) electrons. The summed E-state index contributed by atoms with van der Waals surface area (Å²) in [7, 11) is 0. The van der Waals surface area contributed by atoms with Gasteiger partial charge < -0.3 is 0 Å². The first-order valence-electron chi connectivity index (χ1n) is 10.4. The zero-order valence-corrected chi connectivity index (χ0v) is 19.7. The van der Waals surface area contributed by atoms with E-state index >= 15 is 0 Å². The van der Waals surface area contributed by atoms with Crippen LogP contribution in [0.5, 0.6) is 5.75 Å². The molecule has 0 aliphatic heterocycles. The molecule has 0 unspecified atom stereocenters. The van der Waals surface area contributed by atoms with Gasteiger partial charge in [-0.05, 0) is 0 Å². The van der Waals surface area contributed by atoms with E-state index in [2.05, 4.69) is 16.4 Å². The SMILES string of the molecule is C[As](C)CCn1c(=O)c2c3cc(OCCO)ccc3c3[nH]c4ccccc4oc3c2c1=O. The number of para-hydroxylation sites is 2. The van der Waals surface area contributed by atoms with Gasteiger partial charge >= 0.3 is 188 Å². The number of aliphatic hydroxyl groups is 1. The summed E-state index contributed by atoms with van der Waals surface area (Å²) in [6.07, 6.45) is 0. The quantitative estimate of drug-likeness (QED) is 0.212. The van der Waals surface area contributed by atoms with E-state index in [9.17, 15) is 9.59 Å². The summed E-state index contributed by atoms with van der Waals surface area (Å²) in [5.41, 5.74) is 6.25. The van der Waals surface area contributed by atoms with Crippen LogP contribution in [-0.2, 0) is 6.54 Å². The Morgan fingerprint density at radius 1 is 1.06 bits per heavy atom. The van der Waals surface area contributed by atoms with E-state index < -0.39 is 14.7 Å². The molecule has 8 heteroatoms. The van der Waals surface area contributed by atoms with Gasteiger partial charge in [0.05, 0.1) is 0 Å². The standard InChI is InChI=1S/C24H23AsN2O5/c1-25(2)9-10-27-23(29)19-16-13-14(31-12-11-28)7-8-15(16)21-22(20(19)24(27)30)32-18-6-4-3-5-17(18)26-21/h3-8,13,26,28H,9-12H2,1-2H3. The van der Waals surface area contributed by atoms with Crippen LogP contribution >= 0.6 is 0 Å². The van der Waals surface area contributed by atoms with Crippen molar-refractivity contribution in [3.8, 4) is 5.75 Å². The molecule has 2 aromatic heterocycles. The number of benzene rings is 3. The van der Waals surface area contributed by atoms with E-state index in [4.69, 9.17) is 14.3 Å². The summed E-state index contributed by atoms with van der Waals surface area (Å²) in [5, 5.41) is 12.0. The van der Waals surface area contributed by atoms with Gasteiger partial charge in [0, 0.05) is 0 Å². The van der Waals surface area contributed by atoms with Crippen LogP contribution in [0.3, 0.4) is 0 Å². The molecule has 0 saturated heterocycles. The van der Waals surface area contributed by atoms with Crippen LogP contribution in [-0.4, -0.2) is 42.5 Å². The van der Waals surface area contributed by atoms with Gasteiger partial charge in [-0.15, -0.1) is 0 Å². The van der Waals surface area contributed by atoms with Gasteiger partial charge in [-0.3, -0.25) is 0 Å². The van der Waals surface area contributed by atoms with Crippen LogP contribution in [0.25, 0.3) is 43.7 Å². The number of hydrogen-bond donors (Lipinski definition) is 2. The third-order valence-corrected chi connectivity index (χ3v) is 7.94. The molecule has 0 atom stereocenters. The molecular formula is C24H23AsN2O5. The van der Waals surface area contributed by atoms with Crippen LogP contribution in [0.2, 0.25) is 16.6 Å². The van der Waals surface area contributed by atoms with Crippen molar-refractivity contribution in [3.05, 3.63) is 63.2 Å². The molecule has 5 rings (SSSR count). The van der Waals surface area contributed by atoms with Crippen molar-refractivity contribution in [2.75, 3.05) is 13.2 Å². The summed E-state index contributed by atoms with van der Waals surface area (Å²) in [4.78, 5) is 30.3. The molecule has 2 N–H and O–H groups in total. The first-order valence-corrected chi connectivity index (χ1v) is 15.5. The van der Waals surface area contributed by atoms with E-state index in [1.807, 2.05) is 30.3 Å². The minimum absolute atomic E-state index is 0.114. The maximum absolute atomic E-state index is 13.5. The van der Waals surface area contributed by atoms with Gasteiger partial charge in [0.1, 0.15) is 0 Å². The van der Waals surface area contributed by atoms with Crippen molar-refractivity contribution >= 4 is 58.4 Å². The van der Waals surface area contributed by atoms with Gasteiger partial charge in [0.25, 0.3) is 0 Å². The summed E-state index contributed by atoms with van der Waals surface area (Å²) in [6.45, 7) is 0.447. The Labute approximate surface area is 187 Å². The van der Waals surface area contributed by atoms with Gasteiger partial charge in [-0.2, -0.15) is 0 Å². The molecule has 32 heavy (non-hydrogen) atoms. The van der Waals surface area contributed by atoms with E-state index in [-0.39, 0.29) is 24.3 Å². The van der Waals surface area contributed by atoms with Crippen LogP contribution < -0.4 is 15.9 Å². The Bertz CT molecular complexity index is 1600. The monoisotopic (exact) mass is 494 g/mol. The number of nitrogens with one attached hydrogen (secondary N) is 1. The van der Waals surface area contributed by atoms with Gasteiger partial charge in [0.15, 0.2) is 0 Å². The van der Waals surface area contributed by atoms with Crippen LogP contribution in [0, 0.1) is 0 Å². The van der Waals surface area contributed by atoms with Crippen LogP contribution in [0.4, 0.5) is 0 Å². The van der Waals surface area contributed by atoms with E-state index in [1.165, 1.54) is 4.57 Å². The summed E-state index contributed by atoms with van der Waals surface area (Å²) in [6, 6.07) is 12.9. The molecule has 3 aromatic carbocycles. The average Bonchev–Trinajstić information content (AvgIpc) is 3.05. The number of rotatable bonds is 6. The van der Waals surface area contributed by atoms with Gasteiger partial charge in [0.2, 0.25) is 0 Å². The fraction of sp³-hybridized carbons (Fsp3) is 0.250. The Kier molecular flexibility index (Phi) is 5.31. The number of aromatic nitrogens is 2. The third-order valence-electron chi connectivity index (χ3n) is 5.64. The first-order chi connectivity index (χ1) is 15.5. The van der Waals surface area contributed by atoms with Gasteiger partial charge in [-0.25, -0.2) is 0 Å². The summed E-state index contributed by atoms with van der Waals surface area (Å²) >= 11 is -1.02. The third kappa shape index (κ3) is 3.33. The molecule has 7 nitrogen and oxygen atoms in total. The fourth-order valence-corrected chi connectivity index (χ4v) is 5.38. The summed E-state index contributed by atoms with van der Waals surface area (Å²) < 4.78 is 13.1. The van der Waals surface area contributed by atoms with Crippen molar-refractivity contribution < 1.29 is 14.3 Å². The summed E-state index contributed by atoms with van der Waals surface area (Å²) in [5.74, 6) is 0.527. The number of H-pyrrole nitrogens is 1. The number of aromatic amines is 1. The number of nitrogens with zero attached hydrogens (tertiary/aromatic N) is 1. The van der Waals surface area contributed by atoms with E-state index in [0.717, 1.165) is 16.1 Å². The predicted molar refractivity (Wildman–Crippen MR) is 128 cm³/mol. The molecular weight excluding hydrogens is 471 g/mol. The van der Waals surface area contributed by atoms with Crippen molar-refractivity contribution in [3.63, 3.8) is 0 Å². The van der Waals surface area contributed by atoms with Gasteiger partial charge in [-0.1, -0.05) is 0 Å². The fourth-order valence-electron chi connectivity index (χ4n) is 4.12. The molecule has 164 valence electrons. The predicted octanol–water partition coefficient (Wildman–Crippen LogP) is 3.87. The first kappa shape index (κ1) is 20.9. The molecule has 0 fully saturated rings. The Hall–Kier alpha value is -3.02. The van der Waals surface area contributed by atoms with Crippen LogP contribution in [0.15, 0.2) is 56.5 Å². The zero-order valence-electron chi connectivity index (χ0n) is 17.8. The van der Waals surface area contributed by atoms with E-state index in [1.54, 1.807) is 12.1 Å². The molecule has 0 bridgehead atoms. The molecule has 5 aromatic rings. The number of hydrogen-bond acceptors (Lipinski definition) is 5. The molecule has 0 spiro atoms. The second-order valence-corrected chi connectivity index (χ2v) is 13.5. The second kappa shape index (κ2) is 8.15.